The molecule has 0 aromatic heterocycles. The SMILES string of the molecule is NCCCCOCCCOc1ccc([N+](=O)[O-])cc1. The summed E-state index contributed by atoms with van der Waals surface area (Å²) in [6.07, 6.45) is 2.76. The lowest BCUT2D eigenvalue weighted by Crippen LogP contribution is -2.05. The van der Waals surface area contributed by atoms with Gasteiger partial charge in [0.05, 0.1) is 11.5 Å². The summed E-state index contributed by atoms with van der Waals surface area (Å²) in [5, 5.41) is 10.5. The van der Waals surface area contributed by atoms with E-state index in [9.17, 15) is 10.1 Å². The highest BCUT2D eigenvalue weighted by Crippen LogP contribution is 2.17. The topological polar surface area (TPSA) is 87.6 Å². The average Bonchev–Trinajstić information content (AvgIpc) is 2.42. The predicted octanol–water partition coefficient (Wildman–Crippen LogP) is 2.12. The Morgan fingerprint density at radius 2 is 1.74 bits per heavy atom. The number of nitro groups is 1. The minimum Gasteiger partial charge on any atom is -0.494 e. The van der Waals surface area contributed by atoms with E-state index in [1.807, 2.05) is 0 Å². The number of ether oxygens (including phenoxy) is 2. The van der Waals surface area contributed by atoms with Crippen LogP contribution in [0.15, 0.2) is 24.3 Å². The minimum absolute atomic E-state index is 0.0654. The highest BCUT2D eigenvalue weighted by molar-refractivity contribution is 5.35. The Morgan fingerprint density at radius 3 is 2.37 bits per heavy atom. The third-order valence-electron chi connectivity index (χ3n) is 2.49. The van der Waals surface area contributed by atoms with Crippen molar-refractivity contribution in [2.75, 3.05) is 26.4 Å². The Kier molecular flexibility index (Phi) is 7.53. The van der Waals surface area contributed by atoms with Gasteiger partial charge in [-0.3, -0.25) is 10.1 Å². The van der Waals surface area contributed by atoms with Crippen LogP contribution < -0.4 is 10.5 Å². The fourth-order valence-corrected chi connectivity index (χ4v) is 1.47. The zero-order chi connectivity index (χ0) is 13.9. The number of nitro benzene ring substituents is 1. The molecule has 0 aliphatic carbocycles. The molecule has 0 aliphatic rings. The molecule has 0 unspecified atom stereocenters. The standard InChI is InChI=1S/C13H20N2O4/c14-8-1-2-9-18-10-3-11-19-13-6-4-12(5-7-13)15(16)17/h4-7H,1-3,8-11,14H2. The van der Waals surface area contributed by atoms with Gasteiger partial charge in [-0.2, -0.15) is 0 Å². The van der Waals surface area contributed by atoms with Crippen molar-refractivity contribution < 1.29 is 14.4 Å². The normalized spacial score (nSPS) is 10.4. The Balaban J connectivity index is 2.07. The number of nitrogens with two attached hydrogens (primary N) is 1. The zero-order valence-electron chi connectivity index (χ0n) is 10.9. The van der Waals surface area contributed by atoms with Gasteiger partial charge in [-0.05, 0) is 31.5 Å². The van der Waals surface area contributed by atoms with E-state index >= 15 is 0 Å². The molecule has 1 rings (SSSR count). The van der Waals surface area contributed by atoms with E-state index in [1.54, 1.807) is 12.1 Å². The molecule has 0 radical (unpaired) electrons. The van der Waals surface area contributed by atoms with Crippen molar-refractivity contribution in [3.05, 3.63) is 34.4 Å². The van der Waals surface area contributed by atoms with Gasteiger partial charge in [0, 0.05) is 31.8 Å². The second kappa shape index (κ2) is 9.29. The lowest BCUT2D eigenvalue weighted by molar-refractivity contribution is -0.384. The molecule has 0 heterocycles. The Bertz CT molecular complexity index is 367. The van der Waals surface area contributed by atoms with Gasteiger partial charge < -0.3 is 15.2 Å². The Hall–Kier alpha value is -1.66. The van der Waals surface area contributed by atoms with Gasteiger partial charge in [0.15, 0.2) is 0 Å². The lowest BCUT2D eigenvalue weighted by Gasteiger charge is -2.06. The fraction of sp³-hybridized carbons (Fsp3) is 0.538. The van der Waals surface area contributed by atoms with Gasteiger partial charge in [0.1, 0.15) is 5.75 Å². The second-order valence-corrected chi connectivity index (χ2v) is 4.06. The molecule has 1 aromatic rings. The first-order valence-electron chi connectivity index (χ1n) is 6.39. The van der Waals surface area contributed by atoms with Crippen LogP contribution in [-0.2, 0) is 4.74 Å². The number of nitrogens with zero attached hydrogens (tertiary/aromatic N) is 1. The largest absolute Gasteiger partial charge is 0.494 e. The minimum atomic E-state index is -0.432. The number of unbranched alkanes of at least 4 members (excludes halogenated alkanes) is 1. The van der Waals surface area contributed by atoms with Crippen LogP contribution in [0.25, 0.3) is 0 Å². The van der Waals surface area contributed by atoms with Crippen molar-refractivity contribution in [1.82, 2.24) is 0 Å². The van der Waals surface area contributed by atoms with Crippen molar-refractivity contribution in [3.63, 3.8) is 0 Å². The molecule has 6 nitrogen and oxygen atoms in total. The van der Waals surface area contributed by atoms with Crippen molar-refractivity contribution in [1.29, 1.82) is 0 Å². The Morgan fingerprint density at radius 1 is 1.05 bits per heavy atom. The number of benzene rings is 1. The third kappa shape index (κ3) is 6.73. The summed E-state index contributed by atoms with van der Waals surface area (Å²) in [5.41, 5.74) is 5.43. The number of hydrogen-bond acceptors (Lipinski definition) is 5. The predicted molar refractivity (Wildman–Crippen MR) is 72.3 cm³/mol. The van der Waals surface area contributed by atoms with Crippen LogP contribution in [0.2, 0.25) is 0 Å². The summed E-state index contributed by atoms with van der Waals surface area (Å²) in [6.45, 7) is 2.62. The first kappa shape index (κ1) is 15.4. The average molecular weight is 268 g/mol. The van der Waals surface area contributed by atoms with E-state index in [0.717, 1.165) is 25.9 Å². The van der Waals surface area contributed by atoms with Crippen molar-refractivity contribution in [2.45, 2.75) is 19.3 Å². The van der Waals surface area contributed by atoms with Crippen molar-refractivity contribution in [3.8, 4) is 5.75 Å². The first-order chi connectivity index (χ1) is 9.24. The van der Waals surface area contributed by atoms with Gasteiger partial charge in [-0.25, -0.2) is 0 Å². The maximum absolute atomic E-state index is 10.5. The maximum atomic E-state index is 10.5. The highest BCUT2D eigenvalue weighted by atomic mass is 16.6. The van der Waals surface area contributed by atoms with Crippen LogP contribution in [0.1, 0.15) is 19.3 Å². The summed E-state index contributed by atoms with van der Waals surface area (Å²) in [5.74, 6) is 0.633. The molecule has 0 bridgehead atoms. The van der Waals surface area contributed by atoms with Gasteiger partial charge >= 0.3 is 0 Å². The van der Waals surface area contributed by atoms with Crippen molar-refractivity contribution >= 4 is 5.69 Å². The van der Waals surface area contributed by atoms with E-state index in [4.69, 9.17) is 15.2 Å². The molecule has 0 spiro atoms. The molecule has 19 heavy (non-hydrogen) atoms. The summed E-state index contributed by atoms with van der Waals surface area (Å²) < 4.78 is 10.8. The molecular weight excluding hydrogens is 248 g/mol. The summed E-state index contributed by atoms with van der Waals surface area (Å²) >= 11 is 0. The van der Waals surface area contributed by atoms with Crippen LogP contribution in [0.5, 0.6) is 5.75 Å². The molecule has 0 fully saturated rings. The number of rotatable bonds is 10. The van der Waals surface area contributed by atoms with Crippen LogP contribution in [0.3, 0.4) is 0 Å². The fourth-order valence-electron chi connectivity index (χ4n) is 1.47. The molecule has 0 atom stereocenters. The van der Waals surface area contributed by atoms with Gasteiger partial charge in [-0.15, -0.1) is 0 Å². The van der Waals surface area contributed by atoms with E-state index in [0.29, 0.717) is 25.5 Å². The lowest BCUT2D eigenvalue weighted by atomic mass is 10.3. The molecule has 1 aromatic carbocycles. The van der Waals surface area contributed by atoms with E-state index in [-0.39, 0.29) is 5.69 Å². The molecule has 0 saturated heterocycles. The van der Waals surface area contributed by atoms with Crippen LogP contribution in [0.4, 0.5) is 5.69 Å². The van der Waals surface area contributed by atoms with Crippen LogP contribution in [0, 0.1) is 10.1 Å². The molecule has 6 heteroatoms. The van der Waals surface area contributed by atoms with Crippen molar-refractivity contribution in [2.24, 2.45) is 5.73 Å². The maximum Gasteiger partial charge on any atom is 0.269 e. The highest BCUT2D eigenvalue weighted by Gasteiger charge is 2.03. The first-order valence-corrected chi connectivity index (χ1v) is 6.39. The van der Waals surface area contributed by atoms with Gasteiger partial charge in [-0.1, -0.05) is 0 Å². The van der Waals surface area contributed by atoms with E-state index in [1.165, 1.54) is 12.1 Å². The van der Waals surface area contributed by atoms with E-state index < -0.39 is 4.92 Å². The number of hydrogen-bond donors (Lipinski definition) is 1. The van der Waals surface area contributed by atoms with E-state index in [2.05, 4.69) is 0 Å². The second-order valence-electron chi connectivity index (χ2n) is 4.06. The zero-order valence-corrected chi connectivity index (χ0v) is 10.9. The molecule has 2 N–H and O–H groups in total. The monoisotopic (exact) mass is 268 g/mol. The quantitative estimate of drug-likeness (QED) is 0.399. The smallest absolute Gasteiger partial charge is 0.269 e. The van der Waals surface area contributed by atoms with Gasteiger partial charge in [0.25, 0.3) is 5.69 Å². The molecule has 106 valence electrons. The van der Waals surface area contributed by atoms with Crippen LogP contribution in [-0.4, -0.2) is 31.3 Å². The molecule has 0 amide bonds. The summed E-state index contributed by atoms with van der Waals surface area (Å²) in [7, 11) is 0. The molecular formula is C13H20N2O4. The third-order valence-corrected chi connectivity index (χ3v) is 2.49. The molecule has 0 saturated carbocycles. The summed E-state index contributed by atoms with van der Waals surface area (Å²) in [6, 6.07) is 6.05. The molecule has 0 aliphatic heterocycles. The van der Waals surface area contributed by atoms with Gasteiger partial charge in [0.2, 0.25) is 0 Å². The van der Waals surface area contributed by atoms with Crippen LogP contribution >= 0.6 is 0 Å². The summed E-state index contributed by atoms with van der Waals surface area (Å²) in [4.78, 5) is 10.0. The Labute approximate surface area is 112 Å². The number of non-ortho nitro benzene ring substituents is 1.